The normalized spacial score (nSPS) is 11.5. The van der Waals surface area contributed by atoms with Gasteiger partial charge in [-0.05, 0) is 37.6 Å². The van der Waals surface area contributed by atoms with Gasteiger partial charge in [0.05, 0.1) is 18.7 Å². The highest BCUT2D eigenvalue weighted by atomic mass is 79.9. The molecule has 0 aliphatic rings. The summed E-state index contributed by atoms with van der Waals surface area (Å²) in [6.45, 7) is 3.92. The molecule has 0 fully saturated rings. The number of aryl methyl sites for hydroxylation is 2. The van der Waals surface area contributed by atoms with Crippen LogP contribution in [0.1, 0.15) is 16.0 Å². The number of rotatable bonds is 3. The molecule has 3 aromatic rings. The number of methoxy groups -OCH3 is 1. The highest BCUT2D eigenvalue weighted by Gasteiger charge is 2.11. The van der Waals surface area contributed by atoms with Crippen molar-refractivity contribution in [3.05, 3.63) is 55.4 Å². The fourth-order valence-electron chi connectivity index (χ4n) is 2.24. The number of nitrogens with zero attached hydrogens (tertiary/aromatic N) is 3. The van der Waals surface area contributed by atoms with Gasteiger partial charge in [-0.2, -0.15) is 9.78 Å². The van der Waals surface area contributed by atoms with Crippen LogP contribution < -0.4 is 10.3 Å². The summed E-state index contributed by atoms with van der Waals surface area (Å²) in [5, 5.41) is 4.88. The van der Waals surface area contributed by atoms with Crippen LogP contribution in [0.4, 0.5) is 0 Å². The molecule has 0 spiro atoms. The molecule has 0 saturated heterocycles. The predicted octanol–water partition coefficient (Wildman–Crippen LogP) is 3.73. The second kappa shape index (κ2) is 6.25. The van der Waals surface area contributed by atoms with E-state index in [9.17, 15) is 4.79 Å². The van der Waals surface area contributed by atoms with Gasteiger partial charge in [-0.1, -0.05) is 15.9 Å². The van der Waals surface area contributed by atoms with Gasteiger partial charge >= 0.3 is 0 Å². The van der Waals surface area contributed by atoms with Crippen molar-refractivity contribution < 1.29 is 4.74 Å². The Balaban J connectivity index is 2.09. The molecule has 0 N–H and O–H groups in total. The van der Waals surface area contributed by atoms with Crippen LogP contribution in [-0.2, 0) is 0 Å². The average Bonchev–Trinajstić information content (AvgIpc) is 2.82. The van der Waals surface area contributed by atoms with Crippen molar-refractivity contribution in [2.75, 3.05) is 7.11 Å². The SMILES string of the molecule is COc1ccc(Br)cc1/C=N/n1cnc2sc(C)c(C)c2c1=O. The fraction of sp³-hybridized carbons (Fsp3) is 0.188. The number of fused-ring (bicyclic) bond motifs is 1. The van der Waals surface area contributed by atoms with Crippen LogP contribution >= 0.6 is 27.3 Å². The van der Waals surface area contributed by atoms with E-state index in [4.69, 9.17) is 4.74 Å². The minimum absolute atomic E-state index is 0.165. The molecular weight excluding hydrogens is 378 g/mol. The Labute approximate surface area is 145 Å². The number of hydrogen-bond acceptors (Lipinski definition) is 5. The van der Waals surface area contributed by atoms with E-state index in [1.54, 1.807) is 13.3 Å². The molecule has 23 heavy (non-hydrogen) atoms. The molecule has 0 radical (unpaired) electrons. The highest BCUT2D eigenvalue weighted by Crippen LogP contribution is 2.25. The van der Waals surface area contributed by atoms with Crippen LogP contribution in [0.5, 0.6) is 5.75 Å². The van der Waals surface area contributed by atoms with Crippen molar-refractivity contribution in [2.24, 2.45) is 5.10 Å². The van der Waals surface area contributed by atoms with Crippen molar-refractivity contribution in [3.63, 3.8) is 0 Å². The standard InChI is InChI=1S/C16H14BrN3O2S/c1-9-10(2)23-15-14(9)16(21)20(8-18-15)19-7-11-6-12(17)4-5-13(11)22-3/h4-8H,1-3H3/b19-7+. The van der Waals surface area contributed by atoms with Crippen LogP contribution in [0.15, 0.2) is 38.9 Å². The van der Waals surface area contributed by atoms with Crippen LogP contribution in [0.2, 0.25) is 0 Å². The zero-order chi connectivity index (χ0) is 16.6. The van der Waals surface area contributed by atoms with Gasteiger partial charge in [0.15, 0.2) is 0 Å². The van der Waals surface area contributed by atoms with E-state index in [-0.39, 0.29) is 5.56 Å². The van der Waals surface area contributed by atoms with Gasteiger partial charge in [0.25, 0.3) is 5.56 Å². The van der Waals surface area contributed by atoms with E-state index < -0.39 is 0 Å². The summed E-state index contributed by atoms with van der Waals surface area (Å²) in [7, 11) is 1.60. The molecule has 0 aliphatic carbocycles. The maximum absolute atomic E-state index is 12.6. The quantitative estimate of drug-likeness (QED) is 0.639. The molecule has 2 heterocycles. The monoisotopic (exact) mass is 391 g/mol. The zero-order valence-corrected chi connectivity index (χ0v) is 15.2. The summed E-state index contributed by atoms with van der Waals surface area (Å²) >= 11 is 4.94. The van der Waals surface area contributed by atoms with Gasteiger partial charge in [0, 0.05) is 14.9 Å². The topological polar surface area (TPSA) is 56.5 Å². The summed E-state index contributed by atoms with van der Waals surface area (Å²) in [6.07, 6.45) is 3.04. The van der Waals surface area contributed by atoms with Crippen LogP contribution in [0.3, 0.4) is 0 Å². The van der Waals surface area contributed by atoms with Gasteiger partial charge in [-0.25, -0.2) is 4.98 Å². The molecule has 0 aliphatic heterocycles. The Morgan fingerprint density at radius 2 is 2.17 bits per heavy atom. The minimum atomic E-state index is -0.165. The Hall–Kier alpha value is -1.99. The minimum Gasteiger partial charge on any atom is -0.496 e. The highest BCUT2D eigenvalue weighted by molar-refractivity contribution is 9.10. The third-order valence-corrected chi connectivity index (χ3v) is 5.19. The van der Waals surface area contributed by atoms with E-state index in [0.717, 1.165) is 25.3 Å². The molecule has 2 aromatic heterocycles. The molecule has 0 unspecified atom stereocenters. The van der Waals surface area contributed by atoms with E-state index in [2.05, 4.69) is 26.0 Å². The lowest BCUT2D eigenvalue weighted by molar-refractivity contribution is 0.414. The first kappa shape index (κ1) is 15.9. The van der Waals surface area contributed by atoms with Crippen molar-refractivity contribution in [3.8, 4) is 5.75 Å². The lowest BCUT2D eigenvalue weighted by Gasteiger charge is -2.04. The second-order valence-corrected chi connectivity index (χ2v) is 7.11. The number of aromatic nitrogens is 2. The van der Waals surface area contributed by atoms with Crippen molar-refractivity contribution in [1.82, 2.24) is 9.66 Å². The average molecular weight is 392 g/mol. The van der Waals surface area contributed by atoms with Crippen molar-refractivity contribution >= 4 is 43.7 Å². The molecule has 118 valence electrons. The molecule has 3 rings (SSSR count). The van der Waals surface area contributed by atoms with Crippen LogP contribution in [0.25, 0.3) is 10.2 Å². The van der Waals surface area contributed by atoms with Crippen LogP contribution in [-0.4, -0.2) is 23.0 Å². The molecular formula is C16H14BrN3O2S. The maximum atomic E-state index is 12.6. The third kappa shape index (κ3) is 2.94. The molecule has 0 atom stereocenters. The molecule has 0 saturated carbocycles. The van der Waals surface area contributed by atoms with Gasteiger partial charge in [0.1, 0.15) is 16.9 Å². The number of halogens is 1. The smallest absolute Gasteiger partial charge is 0.282 e. The van der Waals surface area contributed by atoms with Gasteiger partial charge < -0.3 is 4.74 Å². The third-order valence-electron chi connectivity index (χ3n) is 3.59. The summed E-state index contributed by atoms with van der Waals surface area (Å²) in [5.41, 5.74) is 1.57. The zero-order valence-electron chi connectivity index (χ0n) is 12.8. The Morgan fingerprint density at radius 3 is 2.91 bits per heavy atom. The van der Waals surface area contributed by atoms with Gasteiger partial charge in [-0.3, -0.25) is 4.79 Å². The number of hydrogen-bond donors (Lipinski definition) is 0. The molecule has 7 heteroatoms. The number of benzene rings is 1. The molecule has 0 amide bonds. The van der Waals surface area contributed by atoms with E-state index in [0.29, 0.717) is 11.1 Å². The Bertz CT molecular complexity index is 975. The number of ether oxygens (including phenoxy) is 1. The summed E-state index contributed by atoms with van der Waals surface area (Å²) < 4.78 is 7.46. The fourth-order valence-corrected chi connectivity index (χ4v) is 3.60. The van der Waals surface area contributed by atoms with Gasteiger partial charge in [0.2, 0.25) is 0 Å². The largest absolute Gasteiger partial charge is 0.496 e. The molecule has 0 bridgehead atoms. The second-order valence-electron chi connectivity index (χ2n) is 4.99. The Morgan fingerprint density at radius 1 is 1.39 bits per heavy atom. The first-order chi connectivity index (χ1) is 11.0. The van der Waals surface area contributed by atoms with E-state index >= 15 is 0 Å². The predicted molar refractivity (Wildman–Crippen MR) is 97.0 cm³/mol. The van der Waals surface area contributed by atoms with E-state index in [1.807, 2.05) is 32.0 Å². The van der Waals surface area contributed by atoms with E-state index in [1.165, 1.54) is 22.3 Å². The maximum Gasteiger partial charge on any atom is 0.282 e. The summed E-state index contributed by atoms with van der Waals surface area (Å²) in [4.78, 5) is 18.7. The molecule has 5 nitrogen and oxygen atoms in total. The summed E-state index contributed by atoms with van der Waals surface area (Å²) in [6, 6.07) is 5.59. The van der Waals surface area contributed by atoms with Gasteiger partial charge in [-0.15, -0.1) is 11.3 Å². The lowest BCUT2D eigenvalue weighted by Crippen LogP contribution is -2.17. The lowest BCUT2D eigenvalue weighted by atomic mass is 10.2. The first-order valence-electron chi connectivity index (χ1n) is 6.86. The Kier molecular flexibility index (Phi) is 4.32. The van der Waals surface area contributed by atoms with Crippen LogP contribution in [0, 0.1) is 13.8 Å². The molecule has 1 aromatic carbocycles. The first-order valence-corrected chi connectivity index (χ1v) is 8.47. The number of thiophene rings is 1. The van der Waals surface area contributed by atoms with Crippen molar-refractivity contribution in [1.29, 1.82) is 0 Å². The summed E-state index contributed by atoms with van der Waals surface area (Å²) in [5.74, 6) is 0.682. The van der Waals surface area contributed by atoms with Crippen molar-refractivity contribution in [2.45, 2.75) is 13.8 Å².